The van der Waals surface area contributed by atoms with Crippen LogP contribution in [0.1, 0.15) is 58.9 Å². The number of fused-ring (bicyclic) bond motifs is 5. The van der Waals surface area contributed by atoms with Gasteiger partial charge in [0.25, 0.3) is 0 Å². The predicted molar refractivity (Wildman–Crippen MR) is 306 cm³/mol. The summed E-state index contributed by atoms with van der Waals surface area (Å²) < 4.78 is 50.6. The Bertz CT molecular complexity index is 2580. The maximum atomic E-state index is 14.4. The van der Waals surface area contributed by atoms with Crippen molar-refractivity contribution in [1.82, 2.24) is 31.1 Å². The molecule has 3 fully saturated rings. The Morgan fingerprint density at radius 3 is 2.16 bits per heavy atom. The third kappa shape index (κ3) is 20.6. The van der Waals surface area contributed by atoms with Crippen LogP contribution in [0.2, 0.25) is 5.02 Å². The second-order valence-electron chi connectivity index (χ2n) is 20.8. The van der Waals surface area contributed by atoms with E-state index in [1.807, 2.05) is 13.0 Å². The molecule has 28 nitrogen and oxygen atoms in total. The van der Waals surface area contributed by atoms with E-state index in [0.717, 1.165) is 27.8 Å². The number of nitrogens with zero attached hydrogens (tertiary/aromatic N) is 3. The van der Waals surface area contributed by atoms with Gasteiger partial charge in [0, 0.05) is 78.3 Å². The van der Waals surface area contributed by atoms with E-state index in [0.29, 0.717) is 17.9 Å². The summed E-state index contributed by atoms with van der Waals surface area (Å²) in [4.78, 5) is 125. The minimum Gasteiger partial charge on any atom is -0.495 e. The van der Waals surface area contributed by atoms with E-state index in [4.69, 9.17) is 60.1 Å². The lowest BCUT2D eigenvalue weighted by Gasteiger charge is -2.42. The molecule has 0 spiro atoms. The minimum atomic E-state index is -1.90. The minimum absolute atomic E-state index is 0.0239. The second kappa shape index (κ2) is 33.8. The Hall–Kier alpha value is -5.99. The van der Waals surface area contributed by atoms with Crippen molar-refractivity contribution in [3.8, 4) is 5.75 Å². The zero-order valence-corrected chi connectivity index (χ0v) is 50.8. The van der Waals surface area contributed by atoms with Crippen molar-refractivity contribution in [3.05, 3.63) is 46.5 Å². The van der Waals surface area contributed by atoms with Crippen LogP contribution in [0.5, 0.6) is 5.75 Å². The molecule has 2 unspecified atom stereocenters. The Balaban J connectivity index is 1.06. The molecule has 4 heterocycles. The topological polar surface area (TPSA) is 353 Å². The number of amides is 8. The molecule has 4 aliphatic rings. The largest absolute Gasteiger partial charge is 0.495 e. The first-order chi connectivity index (χ1) is 40.5. The fraction of sp³-hybridized carbons (Fsp3) is 0.655. The Morgan fingerprint density at radius 2 is 1.54 bits per heavy atom. The third-order valence-corrected chi connectivity index (χ3v) is 16.2. The first-order valence-electron chi connectivity index (χ1n) is 27.7. The molecule has 9 atom stereocenters. The Kier molecular flexibility index (Phi) is 27.7. The van der Waals surface area contributed by atoms with Gasteiger partial charge in [0.2, 0.25) is 41.4 Å². The smallest absolute Gasteiger partial charge is 0.409 e. The van der Waals surface area contributed by atoms with Crippen molar-refractivity contribution in [3.63, 3.8) is 0 Å². The number of carbonyl (C=O) groups is 9. The van der Waals surface area contributed by atoms with Gasteiger partial charge in [-0.25, -0.2) is 15.5 Å². The number of hydrogen-bond acceptors (Lipinski definition) is 22. The van der Waals surface area contributed by atoms with E-state index in [9.17, 15) is 48.3 Å². The van der Waals surface area contributed by atoms with Crippen LogP contribution in [0.25, 0.3) is 0 Å². The molecule has 85 heavy (non-hydrogen) atoms. The quantitative estimate of drug-likeness (QED) is 0.0195. The predicted octanol–water partition coefficient (Wildman–Crippen LogP) is 0.0706. The van der Waals surface area contributed by atoms with Crippen LogP contribution in [0.3, 0.4) is 0 Å². The van der Waals surface area contributed by atoms with E-state index in [-0.39, 0.29) is 127 Å². The van der Waals surface area contributed by atoms with Gasteiger partial charge < -0.3 is 73.5 Å². The van der Waals surface area contributed by atoms with Crippen molar-refractivity contribution < 1.29 is 95.7 Å². The number of hydrogen-bond donors (Lipinski definition) is 6. The van der Waals surface area contributed by atoms with E-state index < -0.39 is 101 Å². The molecule has 8 amide bonds. The highest BCUT2D eigenvalue weighted by molar-refractivity contribution is 8.00. The number of rotatable bonds is 30. The van der Waals surface area contributed by atoms with Crippen LogP contribution < -0.4 is 36.8 Å². The lowest BCUT2D eigenvalue weighted by atomic mass is 9.83. The van der Waals surface area contributed by atoms with Crippen molar-refractivity contribution in [2.24, 2.45) is 11.8 Å². The third-order valence-electron chi connectivity index (χ3n) is 14.6. The molecule has 0 aromatic heterocycles. The molecular formula is C55H81ClN8O20S. The van der Waals surface area contributed by atoms with Crippen LogP contribution in [0.4, 0.5) is 10.5 Å². The second-order valence-corrected chi connectivity index (χ2v) is 22.5. The zero-order valence-electron chi connectivity index (χ0n) is 49.3. The maximum Gasteiger partial charge on any atom is 0.409 e. The number of nitrogens with two attached hydrogens (primary N) is 1. The number of alkyl carbamates (subject to hydrolysis) is 1. The van der Waals surface area contributed by atoms with Gasteiger partial charge in [-0.1, -0.05) is 42.3 Å². The van der Waals surface area contributed by atoms with Gasteiger partial charge >= 0.3 is 12.1 Å². The number of allylic oxidation sites excluding steroid dienone is 3. The number of likely N-dealkylation sites (tertiary alicyclic amines) is 1. The van der Waals surface area contributed by atoms with Gasteiger partial charge in [0.1, 0.15) is 60.5 Å². The van der Waals surface area contributed by atoms with Gasteiger partial charge in [-0.05, 0) is 44.9 Å². The zero-order chi connectivity index (χ0) is 62.4. The molecule has 30 heteroatoms. The molecule has 4 aliphatic heterocycles. The van der Waals surface area contributed by atoms with E-state index >= 15 is 0 Å². The fourth-order valence-electron chi connectivity index (χ4n) is 9.53. The van der Waals surface area contributed by atoms with E-state index in [1.165, 1.54) is 45.0 Å². The van der Waals surface area contributed by atoms with Crippen LogP contribution in [-0.2, 0) is 87.5 Å². The summed E-state index contributed by atoms with van der Waals surface area (Å²) >= 11 is 7.93. The molecule has 3 saturated heterocycles. The number of imide groups is 1. The molecule has 7 N–H and O–H groups in total. The number of thioether (sulfide) groups is 1. The van der Waals surface area contributed by atoms with Crippen LogP contribution >= 0.6 is 23.4 Å². The van der Waals surface area contributed by atoms with Gasteiger partial charge in [-0.3, -0.25) is 48.6 Å². The molecule has 1 aromatic carbocycles. The number of ether oxygens (including phenoxy) is 9. The summed E-state index contributed by atoms with van der Waals surface area (Å²) in [6.07, 6.45) is -0.0431. The molecule has 0 saturated carbocycles. The summed E-state index contributed by atoms with van der Waals surface area (Å²) in [7, 11) is 5.80. The average molecular weight is 1240 g/mol. The summed E-state index contributed by atoms with van der Waals surface area (Å²) in [6, 6.07) is 2.33. The van der Waals surface area contributed by atoms with Crippen molar-refractivity contribution in [1.29, 1.82) is 0 Å². The Morgan fingerprint density at radius 1 is 0.918 bits per heavy atom. The lowest BCUT2D eigenvalue weighted by molar-refractivity contribution is -0.162. The standard InChI is InChI=1S/C55H81ClN8O20S/c1-33-10-9-11-41(76-8)55(74)29-39(82-53(73)61-55)34(2)50-54(4,84-50)42(28-47(69)63(6)37-25-36(24-33)26-38(75-7)49(37)56)83-52(72)35(3)62(5)46(68)12-23-85-40-27-48(70)64(51(40)71)16-13-58-43(65)30-79-21-19-77-17-14-59-44(66)31-80-22-20-78-18-15-60-45(67)32-81-57/h9-11,25-26,34-35,39-42,50,74H,12-24,27-32,57H2,1-8H3,(H,58,65)(H,59,66)(H,60,67)(H,61,73)/b11-9+,33-10+/t34?,35-,39-,40?,41+,42-,50-,54-,55-/m0/s1. The number of carbonyl (C=O) groups excluding carboxylic acids is 9. The molecular weight excluding hydrogens is 1160 g/mol. The number of nitrogens with one attached hydrogen (secondary N) is 4. The first-order valence-corrected chi connectivity index (χ1v) is 29.1. The lowest BCUT2D eigenvalue weighted by Crippen LogP contribution is -2.63. The first kappa shape index (κ1) is 69.8. The molecule has 0 aliphatic carbocycles. The van der Waals surface area contributed by atoms with Crippen LogP contribution in [-0.4, -0.2) is 235 Å². The molecule has 1 aromatic rings. The number of likely N-dealkylation sites (N-methyl/N-ethyl adjacent to an activating group) is 1. The number of anilines is 1. The number of halogens is 1. The fourth-order valence-corrected chi connectivity index (χ4v) is 11.0. The van der Waals surface area contributed by atoms with Crippen LogP contribution in [0, 0.1) is 5.92 Å². The van der Waals surface area contributed by atoms with Gasteiger partial charge in [0.05, 0.1) is 70.2 Å². The number of epoxide rings is 1. The number of benzene rings is 1. The highest BCUT2D eigenvalue weighted by Crippen LogP contribution is 2.49. The summed E-state index contributed by atoms with van der Waals surface area (Å²) in [5, 5.41) is 21.5. The van der Waals surface area contributed by atoms with Gasteiger partial charge in [-0.15, -0.1) is 11.8 Å². The monoisotopic (exact) mass is 1240 g/mol. The molecule has 5 rings (SSSR count). The molecule has 4 bridgehead atoms. The highest BCUT2D eigenvalue weighted by Gasteiger charge is 2.64. The van der Waals surface area contributed by atoms with Gasteiger partial charge in [0.15, 0.2) is 5.72 Å². The van der Waals surface area contributed by atoms with Crippen molar-refractivity contribution >= 4 is 82.5 Å². The Labute approximate surface area is 502 Å². The number of aliphatic hydroxyl groups is 1. The van der Waals surface area contributed by atoms with Crippen LogP contribution in [0.15, 0.2) is 35.9 Å². The molecule has 474 valence electrons. The normalized spacial score (nSPS) is 25.6. The van der Waals surface area contributed by atoms with Crippen molar-refractivity contribution in [2.75, 3.05) is 125 Å². The maximum absolute atomic E-state index is 14.4. The summed E-state index contributed by atoms with van der Waals surface area (Å²) in [5.41, 5.74) is -1.27. The summed E-state index contributed by atoms with van der Waals surface area (Å²) in [6.45, 7) is 7.48. The van der Waals surface area contributed by atoms with E-state index in [2.05, 4.69) is 26.1 Å². The van der Waals surface area contributed by atoms with Crippen molar-refractivity contribution in [2.45, 2.75) is 107 Å². The summed E-state index contributed by atoms with van der Waals surface area (Å²) in [5.74, 6) is 0.685. The number of esters is 1. The number of methoxy groups -OCH3 is 2. The molecule has 0 radical (unpaired) electrons. The highest BCUT2D eigenvalue weighted by atomic mass is 35.5. The SMILES string of the molecule is COc1cc2cc(c1Cl)N(C)C(=O)C[C@H](OC(=O)[C@H](C)N(C)C(=O)CCSC1CC(=O)N(CCNC(=O)COCCOCCNC(=O)COCCOCCNC(=O)CON)C1=O)[C@]1(C)O[C@H]1C(C)[C@@H]1C[C@@](O)(NC(=O)O1)[C@H](OC)/C=C/C=C(\C)C2. The van der Waals surface area contributed by atoms with Gasteiger partial charge in [-0.2, -0.15) is 0 Å². The van der Waals surface area contributed by atoms with E-state index in [1.54, 1.807) is 38.1 Å². The average Bonchev–Trinajstić information content (AvgIpc) is 2.23.